The average Bonchev–Trinajstić information content (AvgIpc) is 3.73. The third-order valence-corrected chi connectivity index (χ3v) is 11.7. The second-order valence-electron chi connectivity index (χ2n) is 13.3. The number of aromatic amines is 1. The lowest BCUT2D eigenvalue weighted by atomic mass is 9.58. The summed E-state index contributed by atoms with van der Waals surface area (Å²) in [5.74, 6) is 0. The molecule has 216 valence electrons. The highest BCUT2D eigenvalue weighted by atomic mass is 32.2. The summed E-state index contributed by atoms with van der Waals surface area (Å²) < 4.78 is 6.82. The number of para-hydroxylation sites is 4. The summed E-state index contributed by atoms with van der Waals surface area (Å²) in [6, 6.07) is 42.2. The first kappa shape index (κ1) is 25.1. The van der Waals surface area contributed by atoms with E-state index < -0.39 is 0 Å². The number of fused-ring (bicyclic) bond motifs is 13. The van der Waals surface area contributed by atoms with Gasteiger partial charge in [0, 0.05) is 48.2 Å². The SMILES string of the molecule is CC1(C)c2ccccc2-c2c1[nH]c1c(-c3cc4c(oc5ccccc54)c4c3Bc3cccc5c3N4c3ccccc3S5)cccc21. The largest absolute Gasteiger partial charge is 0.454 e. The molecule has 5 heteroatoms. The van der Waals surface area contributed by atoms with Crippen LogP contribution in [0.2, 0.25) is 0 Å². The molecule has 11 rings (SSSR count). The van der Waals surface area contributed by atoms with Gasteiger partial charge in [0.25, 0.3) is 0 Å². The van der Waals surface area contributed by atoms with Gasteiger partial charge in [-0.05, 0) is 52.5 Å². The van der Waals surface area contributed by atoms with Crippen LogP contribution in [0.25, 0.3) is 55.1 Å². The van der Waals surface area contributed by atoms with E-state index in [9.17, 15) is 0 Å². The van der Waals surface area contributed by atoms with Gasteiger partial charge in [-0.1, -0.05) is 116 Å². The van der Waals surface area contributed by atoms with E-state index >= 15 is 0 Å². The molecule has 0 saturated heterocycles. The Morgan fingerprint density at radius 3 is 2.41 bits per heavy atom. The van der Waals surface area contributed by atoms with Crippen molar-refractivity contribution >= 4 is 79.9 Å². The maximum atomic E-state index is 6.82. The molecule has 0 spiro atoms. The Balaban J connectivity index is 1.28. The third-order valence-electron chi connectivity index (χ3n) is 10.6. The first-order valence-electron chi connectivity index (χ1n) is 16.0. The molecule has 0 saturated carbocycles. The monoisotopic (exact) mass is 606 g/mol. The lowest BCUT2D eigenvalue weighted by molar-refractivity contribution is 0.642. The Morgan fingerprint density at radius 1 is 0.696 bits per heavy atom. The van der Waals surface area contributed by atoms with Gasteiger partial charge in [-0.15, -0.1) is 0 Å². The Labute approximate surface area is 271 Å². The lowest BCUT2D eigenvalue weighted by Crippen LogP contribution is -2.42. The molecule has 1 N–H and O–H groups in total. The Kier molecular flexibility index (Phi) is 4.68. The zero-order valence-electron chi connectivity index (χ0n) is 25.4. The molecular formula is C41H27BN2OS. The van der Waals surface area contributed by atoms with Crippen LogP contribution in [-0.4, -0.2) is 12.3 Å². The van der Waals surface area contributed by atoms with Crippen molar-refractivity contribution in [2.75, 3.05) is 4.90 Å². The molecule has 2 aromatic heterocycles. The number of aromatic nitrogens is 1. The van der Waals surface area contributed by atoms with Crippen molar-refractivity contribution in [2.24, 2.45) is 0 Å². The fourth-order valence-electron chi connectivity index (χ4n) is 8.54. The first-order valence-corrected chi connectivity index (χ1v) is 16.8. The van der Waals surface area contributed by atoms with Gasteiger partial charge in [-0.25, -0.2) is 0 Å². The van der Waals surface area contributed by atoms with E-state index in [1.54, 1.807) is 0 Å². The fourth-order valence-corrected chi connectivity index (χ4v) is 9.66. The number of nitrogens with one attached hydrogen (secondary N) is 1. The second kappa shape index (κ2) is 8.57. The van der Waals surface area contributed by atoms with Crippen LogP contribution in [0.5, 0.6) is 0 Å². The fraction of sp³-hybridized carbons (Fsp3) is 0.0732. The molecule has 0 unspecified atom stereocenters. The van der Waals surface area contributed by atoms with Crippen molar-refractivity contribution in [1.29, 1.82) is 0 Å². The van der Waals surface area contributed by atoms with Gasteiger partial charge < -0.3 is 14.3 Å². The van der Waals surface area contributed by atoms with Crippen molar-refractivity contribution in [3.63, 3.8) is 0 Å². The molecule has 3 nitrogen and oxygen atoms in total. The van der Waals surface area contributed by atoms with Gasteiger partial charge in [0.15, 0.2) is 12.9 Å². The Bertz CT molecular complexity index is 2640. The van der Waals surface area contributed by atoms with Gasteiger partial charge in [-0.2, -0.15) is 0 Å². The molecule has 6 aromatic carbocycles. The molecule has 0 fully saturated rings. The highest BCUT2D eigenvalue weighted by Crippen LogP contribution is 2.55. The number of furan rings is 1. The molecule has 46 heavy (non-hydrogen) atoms. The number of hydrogen-bond acceptors (Lipinski definition) is 3. The van der Waals surface area contributed by atoms with Crippen molar-refractivity contribution in [2.45, 2.75) is 29.1 Å². The highest BCUT2D eigenvalue weighted by molar-refractivity contribution is 7.99. The van der Waals surface area contributed by atoms with E-state index in [1.165, 1.54) is 76.5 Å². The molecule has 1 aliphatic carbocycles. The number of anilines is 3. The molecule has 0 radical (unpaired) electrons. The number of H-pyrrole nitrogens is 1. The van der Waals surface area contributed by atoms with Crippen molar-refractivity contribution in [3.05, 3.63) is 127 Å². The van der Waals surface area contributed by atoms with Gasteiger partial charge in [-0.3, -0.25) is 0 Å². The van der Waals surface area contributed by atoms with Crippen LogP contribution in [0, 0.1) is 0 Å². The molecule has 3 aliphatic rings. The summed E-state index contributed by atoms with van der Waals surface area (Å²) >= 11 is 1.87. The summed E-state index contributed by atoms with van der Waals surface area (Å²) in [4.78, 5) is 9.06. The minimum Gasteiger partial charge on any atom is -0.454 e. The van der Waals surface area contributed by atoms with E-state index in [-0.39, 0.29) is 5.41 Å². The molecule has 0 amide bonds. The maximum Gasteiger partial charge on any atom is 0.198 e. The van der Waals surface area contributed by atoms with Gasteiger partial charge in [0.2, 0.25) is 0 Å². The van der Waals surface area contributed by atoms with Crippen LogP contribution >= 0.6 is 11.8 Å². The molecule has 2 aliphatic heterocycles. The van der Waals surface area contributed by atoms with Gasteiger partial charge in [0.1, 0.15) is 5.58 Å². The van der Waals surface area contributed by atoms with Crippen LogP contribution in [0.1, 0.15) is 25.1 Å². The van der Waals surface area contributed by atoms with E-state index in [2.05, 4.69) is 139 Å². The summed E-state index contributed by atoms with van der Waals surface area (Å²) in [6.45, 7) is 4.69. The minimum absolute atomic E-state index is 0.100. The molecule has 8 aromatic rings. The average molecular weight is 607 g/mol. The van der Waals surface area contributed by atoms with Crippen molar-refractivity contribution in [1.82, 2.24) is 4.98 Å². The summed E-state index contributed by atoms with van der Waals surface area (Å²) in [7, 11) is 0.838. The van der Waals surface area contributed by atoms with E-state index in [4.69, 9.17) is 4.42 Å². The molecule has 0 atom stereocenters. The Morgan fingerprint density at radius 2 is 1.46 bits per heavy atom. The lowest BCUT2D eigenvalue weighted by Gasteiger charge is -2.39. The van der Waals surface area contributed by atoms with Gasteiger partial charge in [0.05, 0.1) is 22.6 Å². The number of nitrogens with zero attached hydrogens (tertiary/aromatic N) is 1. The van der Waals surface area contributed by atoms with Crippen LogP contribution in [-0.2, 0) is 5.41 Å². The van der Waals surface area contributed by atoms with E-state index in [0.29, 0.717) is 0 Å². The second-order valence-corrected chi connectivity index (χ2v) is 14.4. The summed E-state index contributed by atoms with van der Waals surface area (Å²) in [6.07, 6.45) is 0. The smallest absolute Gasteiger partial charge is 0.198 e. The normalized spacial score (nSPS) is 15.0. The van der Waals surface area contributed by atoms with Crippen molar-refractivity contribution < 1.29 is 4.42 Å². The first-order chi connectivity index (χ1) is 22.6. The number of benzene rings is 6. The molecular weight excluding hydrogens is 579 g/mol. The summed E-state index contributed by atoms with van der Waals surface area (Å²) in [5, 5.41) is 3.59. The molecule has 4 heterocycles. The van der Waals surface area contributed by atoms with Crippen LogP contribution in [0.3, 0.4) is 0 Å². The number of rotatable bonds is 1. The standard InChI is InChI=1S/C41H27BN2OS/c1-41(2)28-15-5-3-12-24(28)34-25-14-9-13-23(36(25)43-40(34)41)26-21-27-22-11-4-7-18-31(22)45-39(27)38-35(26)42-29-16-10-20-33-37(29)44(38)30-17-6-8-19-32(30)46-33/h3-21,42-43H,1-2H3. The van der Waals surface area contributed by atoms with Crippen LogP contribution in [0.4, 0.5) is 17.1 Å². The quantitative estimate of drug-likeness (QED) is 0.189. The van der Waals surface area contributed by atoms with Crippen molar-refractivity contribution in [3.8, 4) is 22.3 Å². The minimum atomic E-state index is -0.100. The predicted octanol–water partition coefficient (Wildman–Crippen LogP) is 9.68. The molecule has 0 bridgehead atoms. The maximum absolute atomic E-state index is 6.82. The Hall–Kier alpha value is -5.13. The van der Waals surface area contributed by atoms with E-state index in [0.717, 1.165) is 34.9 Å². The zero-order valence-corrected chi connectivity index (χ0v) is 26.3. The van der Waals surface area contributed by atoms with Gasteiger partial charge >= 0.3 is 0 Å². The van der Waals surface area contributed by atoms with Crippen LogP contribution < -0.4 is 15.8 Å². The summed E-state index contributed by atoms with van der Waals surface area (Å²) in [5.41, 5.74) is 17.2. The third kappa shape index (κ3) is 3.02. The topological polar surface area (TPSA) is 32.2 Å². The van der Waals surface area contributed by atoms with Crippen LogP contribution in [0.15, 0.2) is 129 Å². The highest BCUT2D eigenvalue weighted by Gasteiger charge is 2.40. The number of hydrogen-bond donors (Lipinski definition) is 1. The predicted molar refractivity (Wildman–Crippen MR) is 194 cm³/mol. The zero-order chi connectivity index (χ0) is 30.3. The van der Waals surface area contributed by atoms with E-state index in [1.807, 2.05) is 11.8 Å².